The van der Waals surface area contributed by atoms with Gasteiger partial charge in [0.25, 0.3) is 5.91 Å². The van der Waals surface area contributed by atoms with Crippen LogP contribution in [0.4, 0.5) is 5.69 Å². The molecule has 5 nitrogen and oxygen atoms in total. The molecular formula is C22H22N2O3. The number of aromatic hydroxyl groups is 1. The summed E-state index contributed by atoms with van der Waals surface area (Å²) in [6.45, 7) is 7.82. The van der Waals surface area contributed by atoms with Gasteiger partial charge >= 0.3 is 0 Å². The van der Waals surface area contributed by atoms with Crippen LogP contribution >= 0.6 is 0 Å². The fraction of sp³-hybridized carbons (Fsp3) is 0.182. The Labute approximate surface area is 159 Å². The number of carbonyl (C=O) groups is 1. The highest BCUT2D eigenvalue weighted by Crippen LogP contribution is 2.33. The van der Waals surface area contributed by atoms with Gasteiger partial charge in [0.15, 0.2) is 11.5 Å². The maximum atomic E-state index is 12.4. The third-order valence-electron chi connectivity index (χ3n) is 3.83. The van der Waals surface area contributed by atoms with Crippen molar-refractivity contribution < 1.29 is 14.6 Å². The summed E-state index contributed by atoms with van der Waals surface area (Å²) in [5.41, 5.74) is 2.83. The van der Waals surface area contributed by atoms with Crippen LogP contribution in [0.15, 0.2) is 54.6 Å². The van der Waals surface area contributed by atoms with Crippen LogP contribution < -0.4 is 10.1 Å². The summed E-state index contributed by atoms with van der Waals surface area (Å²) < 4.78 is 5.45. The molecule has 2 N–H and O–H groups in total. The number of phenols is 1. The summed E-state index contributed by atoms with van der Waals surface area (Å²) in [5, 5.41) is 22.4. The first kappa shape index (κ1) is 19.8. The number of rotatable bonds is 7. The van der Waals surface area contributed by atoms with Crippen molar-refractivity contribution in [2.45, 2.75) is 20.3 Å². The molecule has 0 atom stereocenters. The highest BCUT2D eigenvalue weighted by molar-refractivity contribution is 6.09. The van der Waals surface area contributed by atoms with E-state index in [1.165, 1.54) is 6.08 Å². The Bertz CT molecular complexity index is 906. The molecule has 0 aliphatic rings. The molecule has 138 valence electrons. The first-order valence-corrected chi connectivity index (χ1v) is 8.57. The van der Waals surface area contributed by atoms with Crippen LogP contribution in [0.5, 0.6) is 11.5 Å². The summed E-state index contributed by atoms with van der Waals surface area (Å²) in [7, 11) is 0. The van der Waals surface area contributed by atoms with E-state index in [0.29, 0.717) is 35.6 Å². The second-order valence-corrected chi connectivity index (χ2v) is 5.94. The van der Waals surface area contributed by atoms with Crippen molar-refractivity contribution in [1.82, 2.24) is 0 Å². The zero-order valence-electron chi connectivity index (χ0n) is 15.5. The van der Waals surface area contributed by atoms with Crippen LogP contribution in [0.1, 0.15) is 23.6 Å². The molecule has 0 fully saturated rings. The average Bonchev–Trinajstić information content (AvgIpc) is 2.65. The molecule has 0 saturated heterocycles. The molecule has 2 aromatic rings. The van der Waals surface area contributed by atoms with Crippen molar-refractivity contribution in [2.75, 3.05) is 11.9 Å². The topological polar surface area (TPSA) is 82.4 Å². The van der Waals surface area contributed by atoms with Gasteiger partial charge in [-0.05, 0) is 56.2 Å². The number of hydrogen-bond acceptors (Lipinski definition) is 4. The quantitative estimate of drug-likeness (QED) is 0.435. The SMILES string of the molecule is C=CCc1cc(/C=C(/C#N)C(=O)Nc2ccc(C)cc2)cc(OCC)c1O. The highest BCUT2D eigenvalue weighted by Gasteiger charge is 2.13. The molecule has 2 aromatic carbocycles. The highest BCUT2D eigenvalue weighted by atomic mass is 16.5. The van der Waals surface area contributed by atoms with Crippen LogP contribution in [-0.4, -0.2) is 17.6 Å². The van der Waals surface area contributed by atoms with E-state index < -0.39 is 5.91 Å². The predicted octanol–water partition coefficient (Wildman–Crippen LogP) is 4.37. The number of allylic oxidation sites excluding steroid dienone is 1. The predicted molar refractivity (Wildman–Crippen MR) is 107 cm³/mol. The van der Waals surface area contributed by atoms with Crippen LogP contribution in [-0.2, 0) is 11.2 Å². The molecular weight excluding hydrogens is 340 g/mol. The largest absolute Gasteiger partial charge is 0.504 e. The van der Waals surface area contributed by atoms with E-state index in [4.69, 9.17) is 4.74 Å². The lowest BCUT2D eigenvalue weighted by Crippen LogP contribution is -2.13. The fourth-order valence-electron chi connectivity index (χ4n) is 2.50. The molecule has 0 radical (unpaired) electrons. The van der Waals surface area contributed by atoms with Gasteiger partial charge in [0.2, 0.25) is 0 Å². The summed E-state index contributed by atoms with van der Waals surface area (Å²) >= 11 is 0. The Kier molecular flexibility index (Phi) is 6.79. The van der Waals surface area contributed by atoms with Crippen LogP contribution in [0.3, 0.4) is 0 Å². The van der Waals surface area contributed by atoms with E-state index in [-0.39, 0.29) is 11.3 Å². The van der Waals surface area contributed by atoms with Crippen LogP contribution in [0.25, 0.3) is 6.08 Å². The number of nitriles is 1. The molecule has 0 aliphatic carbocycles. The summed E-state index contributed by atoms with van der Waals surface area (Å²) in [6.07, 6.45) is 3.57. The number of nitrogens with zero attached hydrogens (tertiary/aromatic N) is 1. The Balaban J connectivity index is 2.35. The lowest BCUT2D eigenvalue weighted by Gasteiger charge is -2.11. The minimum atomic E-state index is -0.502. The minimum Gasteiger partial charge on any atom is -0.504 e. The van der Waals surface area contributed by atoms with Gasteiger partial charge in [-0.1, -0.05) is 23.8 Å². The lowest BCUT2D eigenvalue weighted by molar-refractivity contribution is -0.112. The van der Waals surface area contributed by atoms with Gasteiger partial charge in [0, 0.05) is 11.3 Å². The number of aryl methyl sites for hydroxylation is 1. The Morgan fingerprint density at radius 1 is 1.33 bits per heavy atom. The van der Waals surface area contributed by atoms with Crippen molar-refractivity contribution in [3.8, 4) is 17.6 Å². The minimum absolute atomic E-state index is 0.0384. The first-order chi connectivity index (χ1) is 13.0. The first-order valence-electron chi connectivity index (χ1n) is 8.57. The molecule has 0 aromatic heterocycles. The van der Waals surface area contributed by atoms with Crippen LogP contribution in [0.2, 0.25) is 0 Å². The third-order valence-corrected chi connectivity index (χ3v) is 3.83. The molecule has 0 spiro atoms. The fourth-order valence-corrected chi connectivity index (χ4v) is 2.50. The molecule has 27 heavy (non-hydrogen) atoms. The van der Waals surface area contributed by atoms with E-state index in [2.05, 4.69) is 11.9 Å². The molecule has 2 rings (SSSR count). The van der Waals surface area contributed by atoms with E-state index >= 15 is 0 Å². The average molecular weight is 362 g/mol. The normalized spacial score (nSPS) is 10.8. The van der Waals surface area contributed by atoms with E-state index in [0.717, 1.165) is 5.56 Å². The van der Waals surface area contributed by atoms with Gasteiger partial charge in [0.05, 0.1) is 6.61 Å². The maximum Gasteiger partial charge on any atom is 0.266 e. The zero-order valence-corrected chi connectivity index (χ0v) is 15.5. The number of amides is 1. The molecule has 0 unspecified atom stereocenters. The Hall–Kier alpha value is -3.52. The lowest BCUT2D eigenvalue weighted by atomic mass is 10.0. The molecule has 0 aliphatic heterocycles. The van der Waals surface area contributed by atoms with E-state index in [1.54, 1.807) is 30.3 Å². The number of hydrogen-bond donors (Lipinski definition) is 2. The third kappa shape index (κ3) is 5.23. The summed E-state index contributed by atoms with van der Waals surface area (Å²) in [5.74, 6) is -0.159. The van der Waals surface area contributed by atoms with Crippen LogP contribution in [0, 0.1) is 18.3 Å². The van der Waals surface area contributed by atoms with Gasteiger partial charge in [-0.25, -0.2) is 0 Å². The zero-order chi connectivity index (χ0) is 19.8. The van der Waals surface area contributed by atoms with E-state index in [9.17, 15) is 15.2 Å². The van der Waals surface area contributed by atoms with Crippen molar-refractivity contribution in [1.29, 1.82) is 5.26 Å². The Morgan fingerprint density at radius 3 is 2.63 bits per heavy atom. The number of anilines is 1. The summed E-state index contributed by atoms with van der Waals surface area (Å²) in [4.78, 5) is 12.4. The maximum absolute atomic E-state index is 12.4. The monoisotopic (exact) mass is 362 g/mol. The van der Waals surface area contributed by atoms with Crippen molar-refractivity contribution >= 4 is 17.7 Å². The summed E-state index contributed by atoms with van der Waals surface area (Å²) in [6, 6.07) is 12.5. The molecule has 1 amide bonds. The van der Waals surface area contributed by atoms with Crippen molar-refractivity contribution in [3.63, 3.8) is 0 Å². The number of ether oxygens (including phenoxy) is 1. The van der Waals surface area contributed by atoms with Gasteiger partial charge in [-0.3, -0.25) is 4.79 Å². The second-order valence-electron chi connectivity index (χ2n) is 5.94. The van der Waals surface area contributed by atoms with E-state index in [1.807, 2.05) is 32.0 Å². The number of carbonyl (C=O) groups excluding carboxylic acids is 1. The van der Waals surface area contributed by atoms with Crippen molar-refractivity contribution in [3.05, 3.63) is 71.3 Å². The number of nitrogens with one attached hydrogen (secondary N) is 1. The second kappa shape index (κ2) is 9.25. The van der Waals surface area contributed by atoms with Gasteiger partial charge in [0.1, 0.15) is 11.6 Å². The van der Waals surface area contributed by atoms with Crippen molar-refractivity contribution in [2.24, 2.45) is 0 Å². The molecule has 0 bridgehead atoms. The molecule has 0 heterocycles. The van der Waals surface area contributed by atoms with Gasteiger partial charge in [-0.15, -0.1) is 6.58 Å². The Morgan fingerprint density at radius 2 is 2.04 bits per heavy atom. The number of phenolic OH excluding ortho intramolecular Hbond substituents is 1. The standard InChI is InChI=1S/C22H22N2O3/c1-4-6-17-11-16(13-20(21(17)25)27-5-2)12-18(14-23)22(26)24-19-9-7-15(3)8-10-19/h4,7-13,25H,1,5-6H2,2-3H3,(H,24,26)/b18-12-. The smallest absolute Gasteiger partial charge is 0.266 e. The van der Waals surface area contributed by atoms with Gasteiger partial charge in [-0.2, -0.15) is 5.26 Å². The molecule has 5 heteroatoms. The number of benzene rings is 2. The van der Waals surface area contributed by atoms with Gasteiger partial charge < -0.3 is 15.2 Å². The molecule has 0 saturated carbocycles.